The van der Waals surface area contributed by atoms with Gasteiger partial charge in [-0.2, -0.15) is 22.7 Å². The highest BCUT2D eigenvalue weighted by atomic mass is 19.4. The van der Waals surface area contributed by atoms with Crippen LogP contribution in [0.1, 0.15) is 17.1 Å². The van der Waals surface area contributed by atoms with E-state index in [-0.39, 0.29) is 5.78 Å². The Balaban J connectivity index is 2.05. The summed E-state index contributed by atoms with van der Waals surface area (Å²) in [5, 5.41) is 1.90. The first kappa shape index (κ1) is 13.3. The van der Waals surface area contributed by atoms with Gasteiger partial charge < -0.3 is 0 Å². The van der Waals surface area contributed by atoms with Gasteiger partial charge >= 0.3 is 6.18 Å². The van der Waals surface area contributed by atoms with Gasteiger partial charge in [0.2, 0.25) is 5.82 Å². The summed E-state index contributed by atoms with van der Waals surface area (Å²) in [5.74, 6) is -1.54. The molecule has 0 amide bonds. The molecule has 3 rings (SSSR count). The van der Waals surface area contributed by atoms with Gasteiger partial charge in [-0.05, 0) is 5.56 Å². The maximum absolute atomic E-state index is 12.6. The maximum atomic E-state index is 12.6. The lowest BCUT2D eigenvalue weighted by atomic mass is 10.1. The van der Waals surface area contributed by atoms with Gasteiger partial charge in [-0.15, -0.1) is 0 Å². The summed E-state index contributed by atoms with van der Waals surface area (Å²) in [4.78, 5) is 19.1. The lowest BCUT2D eigenvalue weighted by Gasteiger charge is -2.00. The second kappa shape index (κ2) is 4.72. The third-order valence-electron chi connectivity index (χ3n) is 2.88. The minimum absolute atomic E-state index is 0.291. The van der Waals surface area contributed by atoms with Gasteiger partial charge in [0.25, 0.3) is 11.3 Å². The van der Waals surface area contributed by atoms with Crippen molar-refractivity contribution in [3.63, 3.8) is 0 Å². The van der Waals surface area contributed by atoms with Crippen molar-refractivity contribution in [2.24, 2.45) is 0 Å². The van der Waals surface area contributed by atoms with Crippen LogP contribution < -0.4 is 5.56 Å². The standard InChI is InChI=1S/C13H9F3N4O/c14-13(15,16)11-18-12-17-9(7-10(21)20(12)19-11)6-8-4-2-1-3-5-8/h1-5,7H,6H2,(H,17,18,19). The molecule has 3 aromatic rings. The fourth-order valence-corrected chi connectivity index (χ4v) is 1.95. The van der Waals surface area contributed by atoms with Gasteiger partial charge in [-0.25, -0.2) is 4.98 Å². The van der Waals surface area contributed by atoms with Crippen molar-refractivity contribution >= 4 is 5.78 Å². The number of halogens is 3. The molecule has 2 aromatic heterocycles. The predicted molar refractivity (Wildman–Crippen MR) is 67.9 cm³/mol. The summed E-state index contributed by atoms with van der Waals surface area (Å²) in [7, 11) is 0. The van der Waals surface area contributed by atoms with Crippen LogP contribution in [0.25, 0.3) is 5.78 Å². The highest BCUT2D eigenvalue weighted by Gasteiger charge is 2.35. The van der Waals surface area contributed by atoms with E-state index in [1.807, 2.05) is 35.4 Å². The summed E-state index contributed by atoms with van der Waals surface area (Å²) in [6, 6.07) is 10.4. The number of rotatable bonds is 2. The molecule has 0 saturated heterocycles. The smallest absolute Gasteiger partial charge is 0.267 e. The first-order valence-electron chi connectivity index (χ1n) is 6.03. The van der Waals surface area contributed by atoms with Crippen molar-refractivity contribution in [2.45, 2.75) is 12.6 Å². The minimum atomic E-state index is -4.65. The van der Waals surface area contributed by atoms with Crippen LogP contribution in [-0.2, 0) is 12.6 Å². The summed E-state index contributed by atoms with van der Waals surface area (Å²) in [6.07, 6.45) is -4.31. The van der Waals surface area contributed by atoms with E-state index in [0.29, 0.717) is 16.6 Å². The molecule has 0 unspecified atom stereocenters. The van der Waals surface area contributed by atoms with Crippen molar-refractivity contribution in [1.29, 1.82) is 0 Å². The van der Waals surface area contributed by atoms with E-state index >= 15 is 0 Å². The molecule has 1 N–H and O–H groups in total. The first-order chi connectivity index (χ1) is 9.93. The molecule has 108 valence electrons. The Bertz CT molecular complexity index is 836. The van der Waals surface area contributed by atoms with Gasteiger partial charge in [0.1, 0.15) is 0 Å². The van der Waals surface area contributed by atoms with Crippen molar-refractivity contribution in [3.05, 3.63) is 63.8 Å². The molecular weight excluding hydrogens is 285 g/mol. The summed E-state index contributed by atoms with van der Waals surface area (Å²) in [6.45, 7) is 0. The fraction of sp³-hybridized carbons (Fsp3) is 0.154. The van der Waals surface area contributed by atoms with Gasteiger partial charge in [-0.3, -0.25) is 9.89 Å². The average molecular weight is 294 g/mol. The molecule has 0 spiro atoms. The van der Waals surface area contributed by atoms with E-state index < -0.39 is 17.6 Å². The maximum Gasteiger partial charge on any atom is 0.451 e. The lowest BCUT2D eigenvalue weighted by molar-refractivity contribution is -0.144. The van der Waals surface area contributed by atoms with Crippen LogP contribution >= 0.6 is 0 Å². The van der Waals surface area contributed by atoms with E-state index in [4.69, 9.17) is 0 Å². The van der Waals surface area contributed by atoms with E-state index in [1.165, 1.54) is 6.07 Å². The SMILES string of the molecule is O=c1cc(Cc2ccccc2)nc2nc(C(F)(F)F)[nH]n12. The third-order valence-corrected chi connectivity index (χ3v) is 2.88. The number of aromatic amines is 1. The normalized spacial score (nSPS) is 12.0. The van der Waals surface area contributed by atoms with Crippen molar-refractivity contribution in [2.75, 3.05) is 0 Å². The van der Waals surface area contributed by atoms with Crippen LogP contribution in [0.2, 0.25) is 0 Å². The summed E-state index contributed by atoms with van der Waals surface area (Å²) < 4.78 is 38.4. The van der Waals surface area contributed by atoms with Crippen LogP contribution in [0.5, 0.6) is 0 Å². The molecule has 0 aliphatic rings. The zero-order chi connectivity index (χ0) is 15.0. The van der Waals surface area contributed by atoms with Crippen LogP contribution in [0.4, 0.5) is 13.2 Å². The average Bonchev–Trinajstić information content (AvgIpc) is 2.84. The van der Waals surface area contributed by atoms with Crippen LogP contribution in [0.15, 0.2) is 41.2 Å². The van der Waals surface area contributed by atoms with Crippen molar-refractivity contribution < 1.29 is 13.2 Å². The molecule has 0 saturated carbocycles. The first-order valence-corrected chi connectivity index (χ1v) is 6.03. The van der Waals surface area contributed by atoms with Gasteiger partial charge in [0.05, 0.1) is 5.69 Å². The molecule has 8 heteroatoms. The Kier molecular flexibility index (Phi) is 3.00. The molecular formula is C13H9F3N4O. The second-order valence-electron chi connectivity index (χ2n) is 4.45. The number of nitrogens with one attached hydrogen (secondary N) is 1. The van der Waals surface area contributed by atoms with E-state index in [1.54, 1.807) is 0 Å². The molecule has 0 atom stereocenters. The number of hydrogen-bond acceptors (Lipinski definition) is 3. The Morgan fingerprint density at radius 3 is 2.52 bits per heavy atom. The van der Waals surface area contributed by atoms with Gasteiger partial charge in [0, 0.05) is 12.5 Å². The molecule has 1 aromatic carbocycles. The topological polar surface area (TPSA) is 63.0 Å². The highest BCUT2D eigenvalue weighted by molar-refractivity contribution is 5.31. The molecule has 21 heavy (non-hydrogen) atoms. The van der Waals surface area contributed by atoms with Crippen molar-refractivity contribution in [3.8, 4) is 0 Å². The molecule has 0 radical (unpaired) electrons. The minimum Gasteiger partial charge on any atom is -0.267 e. The molecule has 0 bridgehead atoms. The number of H-pyrrole nitrogens is 1. The molecule has 5 nitrogen and oxygen atoms in total. The second-order valence-corrected chi connectivity index (χ2v) is 4.45. The van der Waals surface area contributed by atoms with Crippen LogP contribution in [0.3, 0.4) is 0 Å². The highest BCUT2D eigenvalue weighted by Crippen LogP contribution is 2.25. The number of hydrogen-bond donors (Lipinski definition) is 1. The largest absolute Gasteiger partial charge is 0.451 e. The third kappa shape index (κ3) is 2.64. The number of alkyl halides is 3. The van der Waals surface area contributed by atoms with E-state index in [9.17, 15) is 18.0 Å². The number of nitrogens with zero attached hydrogens (tertiary/aromatic N) is 3. The zero-order valence-corrected chi connectivity index (χ0v) is 10.6. The molecule has 2 heterocycles. The Labute approximate surface area is 116 Å². The van der Waals surface area contributed by atoms with Gasteiger partial charge in [0.15, 0.2) is 0 Å². The number of aromatic nitrogens is 4. The quantitative estimate of drug-likeness (QED) is 0.786. The van der Waals surface area contributed by atoms with Crippen LogP contribution in [-0.4, -0.2) is 19.6 Å². The fourth-order valence-electron chi connectivity index (χ4n) is 1.95. The lowest BCUT2D eigenvalue weighted by Crippen LogP contribution is -2.16. The van der Waals surface area contributed by atoms with Crippen molar-refractivity contribution in [1.82, 2.24) is 19.6 Å². The number of benzene rings is 1. The van der Waals surface area contributed by atoms with E-state index in [0.717, 1.165) is 5.56 Å². The number of fused-ring (bicyclic) bond motifs is 1. The monoisotopic (exact) mass is 294 g/mol. The zero-order valence-electron chi connectivity index (χ0n) is 10.6. The van der Waals surface area contributed by atoms with Gasteiger partial charge in [-0.1, -0.05) is 30.3 Å². The molecule has 0 fully saturated rings. The molecule has 0 aliphatic carbocycles. The predicted octanol–water partition coefficient (Wildman–Crippen LogP) is 2.03. The Morgan fingerprint density at radius 1 is 1.14 bits per heavy atom. The van der Waals surface area contributed by atoms with E-state index in [2.05, 4.69) is 9.97 Å². The Morgan fingerprint density at radius 2 is 1.86 bits per heavy atom. The Hall–Kier alpha value is -2.64. The molecule has 0 aliphatic heterocycles. The summed E-state index contributed by atoms with van der Waals surface area (Å²) in [5.41, 5.74) is 0.640. The summed E-state index contributed by atoms with van der Waals surface area (Å²) >= 11 is 0. The van der Waals surface area contributed by atoms with Crippen LogP contribution in [0, 0.1) is 0 Å².